The van der Waals surface area contributed by atoms with Gasteiger partial charge in [0, 0.05) is 40.6 Å². The third kappa shape index (κ3) is 6.76. The quantitative estimate of drug-likeness (QED) is 0.390. The van der Waals surface area contributed by atoms with Gasteiger partial charge in [0.05, 0.1) is 22.4 Å². The van der Waals surface area contributed by atoms with Crippen LogP contribution in [0.15, 0.2) is 97.0 Å². The molecule has 0 bridgehead atoms. The van der Waals surface area contributed by atoms with Gasteiger partial charge in [-0.25, -0.2) is 9.97 Å². The van der Waals surface area contributed by atoms with Gasteiger partial charge >= 0.3 is 0 Å². The Morgan fingerprint density at radius 3 is 2.67 bits per heavy atom. The summed E-state index contributed by atoms with van der Waals surface area (Å²) in [4.78, 5) is 17.3. The summed E-state index contributed by atoms with van der Waals surface area (Å²) in [5, 5.41) is 8.83. The Labute approximate surface area is 254 Å². The molecule has 2 aliphatic heterocycles. The molecular formula is C37H40N6. The van der Waals surface area contributed by atoms with Crippen molar-refractivity contribution >= 4 is 29.2 Å². The van der Waals surface area contributed by atoms with Gasteiger partial charge in [0.1, 0.15) is 5.82 Å². The van der Waals surface area contributed by atoms with Crippen molar-refractivity contribution in [3.05, 3.63) is 130 Å². The molecule has 0 radical (unpaired) electrons. The van der Waals surface area contributed by atoms with E-state index < -0.39 is 0 Å². The van der Waals surface area contributed by atoms with Gasteiger partial charge in [0.2, 0.25) is 0 Å². The van der Waals surface area contributed by atoms with Crippen LogP contribution in [0.5, 0.6) is 0 Å². The maximum atomic E-state index is 5.13. The van der Waals surface area contributed by atoms with E-state index in [0.29, 0.717) is 12.0 Å². The van der Waals surface area contributed by atoms with Crippen molar-refractivity contribution in [1.29, 1.82) is 0 Å². The van der Waals surface area contributed by atoms with Crippen molar-refractivity contribution in [2.45, 2.75) is 52.0 Å². The van der Waals surface area contributed by atoms with Crippen molar-refractivity contribution in [3.8, 4) is 0 Å². The number of nitrogens with zero attached hydrogens (tertiary/aromatic N) is 4. The van der Waals surface area contributed by atoms with E-state index in [9.17, 15) is 0 Å². The summed E-state index contributed by atoms with van der Waals surface area (Å²) in [5.74, 6) is 1.38. The van der Waals surface area contributed by atoms with Crippen LogP contribution in [0.2, 0.25) is 0 Å². The Morgan fingerprint density at radius 2 is 1.86 bits per heavy atom. The summed E-state index contributed by atoms with van der Waals surface area (Å²) in [7, 11) is 0. The first-order valence-corrected chi connectivity index (χ1v) is 15.3. The number of anilines is 1. The first-order chi connectivity index (χ1) is 20.9. The SMILES string of the molecule is C=C1C=C(Nc2ccc(C3CCCN(C(C)C)CC3)cn2)C=c2nc(C3=C(c4cccc(C)n4)NC=CC=C3)ccc2=C1. The maximum absolute atomic E-state index is 5.13. The van der Waals surface area contributed by atoms with Gasteiger partial charge in [-0.3, -0.25) is 4.98 Å². The molecule has 5 heterocycles. The second-order valence-electron chi connectivity index (χ2n) is 11.8. The number of hydrogen-bond acceptors (Lipinski definition) is 6. The highest BCUT2D eigenvalue weighted by atomic mass is 15.1. The highest BCUT2D eigenvalue weighted by Crippen LogP contribution is 2.29. The van der Waals surface area contributed by atoms with Crippen molar-refractivity contribution in [1.82, 2.24) is 25.2 Å². The summed E-state index contributed by atoms with van der Waals surface area (Å²) < 4.78 is 0. The van der Waals surface area contributed by atoms with Crippen molar-refractivity contribution in [3.63, 3.8) is 0 Å². The molecule has 0 amide bonds. The largest absolute Gasteiger partial charge is 0.359 e. The van der Waals surface area contributed by atoms with E-state index in [1.54, 1.807) is 0 Å². The zero-order valence-electron chi connectivity index (χ0n) is 25.3. The van der Waals surface area contributed by atoms with Gasteiger partial charge in [-0.15, -0.1) is 0 Å². The fourth-order valence-corrected chi connectivity index (χ4v) is 6.02. The van der Waals surface area contributed by atoms with Gasteiger partial charge in [-0.1, -0.05) is 36.9 Å². The van der Waals surface area contributed by atoms with Gasteiger partial charge in [0.25, 0.3) is 0 Å². The summed E-state index contributed by atoms with van der Waals surface area (Å²) in [5.41, 5.74) is 7.75. The molecule has 1 unspecified atom stereocenters. The third-order valence-electron chi connectivity index (χ3n) is 8.34. The number of fused-ring (bicyclic) bond motifs is 1. The monoisotopic (exact) mass is 568 g/mol. The predicted octanol–water partition coefficient (Wildman–Crippen LogP) is 5.83. The number of pyridine rings is 3. The molecule has 6 rings (SSSR count). The van der Waals surface area contributed by atoms with E-state index in [1.807, 2.05) is 55.7 Å². The van der Waals surface area contributed by atoms with E-state index >= 15 is 0 Å². The normalized spacial score (nSPS) is 18.9. The number of likely N-dealkylation sites (tertiary alicyclic amines) is 1. The average molecular weight is 569 g/mol. The van der Waals surface area contributed by atoms with E-state index in [2.05, 4.69) is 78.5 Å². The summed E-state index contributed by atoms with van der Waals surface area (Å²) >= 11 is 0. The van der Waals surface area contributed by atoms with Crippen molar-refractivity contribution < 1.29 is 0 Å². The number of allylic oxidation sites excluding steroid dienone is 7. The molecular weight excluding hydrogens is 528 g/mol. The average Bonchev–Trinajstić information content (AvgIpc) is 3.46. The molecule has 1 saturated heterocycles. The molecule has 0 saturated carbocycles. The molecule has 0 spiro atoms. The predicted molar refractivity (Wildman–Crippen MR) is 178 cm³/mol. The van der Waals surface area contributed by atoms with Crippen LogP contribution in [0.25, 0.3) is 23.4 Å². The molecule has 6 heteroatoms. The Bertz CT molecular complexity index is 1760. The molecule has 1 atom stereocenters. The molecule has 218 valence electrons. The van der Waals surface area contributed by atoms with Crippen LogP contribution >= 0.6 is 0 Å². The molecule has 0 aromatic carbocycles. The van der Waals surface area contributed by atoms with Gasteiger partial charge in [-0.05, 0) is 119 Å². The van der Waals surface area contributed by atoms with Crippen LogP contribution in [0, 0.1) is 6.92 Å². The molecule has 43 heavy (non-hydrogen) atoms. The molecule has 6 nitrogen and oxygen atoms in total. The van der Waals surface area contributed by atoms with Crippen molar-refractivity contribution in [2.75, 3.05) is 18.4 Å². The minimum absolute atomic E-state index is 0.565. The first kappa shape index (κ1) is 28.6. The standard InChI is InChI=1S/C37H40N6/c1-25(2)43-19-8-10-28(17-20-43)30-14-16-36(39-24-30)41-31-22-26(3)21-29-13-15-33(42-35(29)23-31)32-11-5-6-18-38-37(32)34-12-7-9-27(4)40-34/h5-7,9,11-16,18,21-25,28,38H,3,8,10,17,19-20H2,1-2,4H3,(H,39,41). The number of rotatable bonds is 6. The number of aromatic nitrogens is 3. The number of nitrogens with one attached hydrogen (secondary N) is 2. The Balaban J connectivity index is 1.27. The summed E-state index contributed by atoms with van der Waals surface area (Å²) in [6.07, 6.45) is 19.9. The topological polar surface area (TPSA) is 66.0 Å². The molecule has 2 N–H and O–H groups in total. The molecule has 3 aromatic rings. The number of aryl methyl sites for hydroxylation is 1. The lowest BCUT2D eigenvalue weighted by Gasteiger charge is -2.24. The first-order valence-electron chi connectivity index (χ1n) is 15.3. The van der Waals surface area contributed by atoms with Crippen molar-refractivity contribution in [2.24, 2.45) is 0 Å². The molecule has 3 aliphatic rings. The second-order valence-corrected chi connectivity index (χ2v) is 11.8. The highest BCUT2D eigenvalue weighted by molar-refractivity contribution is 5.93. The molecule has 3 aromatic heterocycles. The molecule has 1 aliphatic carbocycles. The highest BCUT2D eigenvalue weighted by Gasteiger charge is 2.20. The Hall–Kier alpha value is -4.55. The Kier molecular flexibility index (Phi) is 8.47. The van der Waals surface area contributed by atoms with Gasteiger partial charge in [0.15, 0.2) is 0 Å². The zero-order chi connectivity index (χ0) is 29.8. The maximum Gasteiger partial charge on any atom is 0.130 e. The van der Waals surface area contributed by atoms with Gasteiger partial charge < -0.3 is 15.5 Å². The lowest BCUT2D eigenvalue weighted by Crippen LogP contribution is -2.31. The third-order valence-corrected chi connectivity index (χ3v) is 8.34. The smallest absolute Gasteiger partial charge is 0.130 e. The Morgan fingerprint density at radius 1 is 0.953 bits per heavy atom. The lowest BCUT2D eigenvalue weighted by molar-refractivity contribution is 0.230. The fourth-order valence-electron chi connectivity index (χ4n) is 6.02. The number of hydrogen-bond donors (Lipinski definition) is 2. The van der Waals surface area contributed by atoms with E-state index in [-0.39, 0.29) is 0 Å². The minimum atomic E-state index is 0.565. The van der Waals surface area contributed by atoms with Crippen LogP contribution in [0.4, 0.5) is 5.82 Å². The zero-order valence-corrected chi connectivity index (χ0v) is 25.3. The van der Waals surface area contributed by atoms with E-state index in [4.69, 9.17) is 15.0 Å². The van der Waals surface area contributed by atoms with Crippen LogP contribution in [0.1, 0.15) is 61.7 Å². The minimum Gasteiger partial charge on any atom is -0.359 e. The fraction of sp³-hybridized carbons (Fsp3) is 0.270. The van der Waals surface area contributed by atoms with Crippen LogP contribution < -0.4 is 21.2 Å². The lowest BCUT2D eigenvalue weighted by atomic mass is 9.93. The summed E-state index contributed by atoms with van der Waals surface area (Å²) in [6.45, 7) is 13.2. The van der Waals surface area contributed by atoms with Gasteiger partial charge in [-0.2, -0.15) is 0 Å². The van der Waals surface area contributed by atoms with Crippen LogP contribution in [0.3, 0.4) is 0 Å². The van der Waals surface area contributed by atoms with E-state index in [0.717, 1.165) is 62.6 Å². The van der Waals surface area contributed by atoms with Crippen LogP contribution in [-0.4, -0.2) is 39.0 Å². The summed E-state index contributed by atoms with van der Waals surface area (Å²) in [6, 6.07) is 15.2. The molecule has 1 fully saturated rings. The second kappa shape index (κ2) is 12.8. The van der Waals surface area contributed by atoms with E-state index in [1.165, 1.54) is 31.4 Å². The van der Waals surface area contributed by atoms with Crippen LogP contribution in [-0.2, 0) is 0 Å².